The Bertz CT molecular complexity index is 406. The van der Waals surface area contributed by atoms with Crippen LogP contribution in [-0.2, 0) is 19.3 Å². The maximum absolute atomic E-state index is 10.7. The number of hydrogen-bond acceptors (Lipinski definition) is 11. The fourth-order valence-electron chi connectivity index (χ4n) is 0.980. The minimum absolute atomic E-state index is 0.979. The highest BCUT2D eigenvalue weighted by Gasteiger charge is 2.36. The van der Waals surface area contributed by atoms with E-state index < -0.39 is 53.9 Å². The van der Waals surface area contributed by atoms with E-state index in [-0.39, 0.29) is 0 Å². The number of ether oxygens (including phenoxy) is 1. The third kappa shape index (κ3) is 6.40. The molecule has 13 heteroatoms. The number of carbonyl (C=O) groups is 1. The van der Waals surface area contributed by atoms with Gasteiger partial charge in [0.25, 0.3) is 0 Å². The first-order valence-electron chi connectivity index (χ1n) is 4.88. The Morgan fingerprint density at radius 3 is 1.90 bits per heavy atom. The lowest BCUT2D eigenvalue weighted by Gasteiger charge is -2.27. The molecule has 0 spiro atoms. The summed E-state index contributed by atoms with van der Waals surface area (Å²) in [4.78, 5) is 10.7. The Balaban J connectivity index is 4.54. The van der Waals surface area contributed by atoms with Crippen molar-refractivity contribution in [3.63, 3.8) is 0 Å². The highest BCUT2D eigenvalue weighted by Crippen LogP contribution is 2.10. The van der Waals surface area contributed by atoms with E-state index >= 15 is 0 Å². The molecule has 12 nitrogen and oxygen atoms in total. The van der Waals surface area contributed by atoms with E-state index in [0.717, 1.165) is 0 Å². The predicted molar refractivity (Wildman–Crippen MR) is 56.2 cm³/mol. The molecule has 7 N–H and O–H groups in total. The Hall–Kier alpha value is -1.06. The minimum Gasteiger partial charge on any atom is -0.401 e. The Kier molecular flexibility index (Phi) is 7.25. The molecule has 0 aromatic heterocycles. The summed E-state index contributed by atoms with van der Waals surface area (Å²) in [5.74, 6) is 0. The van der Waals surface area contributed by atoms with E-state index in [1.165, 1.54) is 0 Å². The van der Waals surface area contributed by atoms with Crippen LogP contribution in [0.5, 0.6) is 0 Å². The SMILES string of the molecule is O=C(OC(O)[C@@H](O)[C@@H](O)[C@H](O)[C@H](O)CO)OS(=O)(=O)O. The molecule has 120 valence electrons. The first-order chi connectivity index (χ1) is 8.99. The fourth-order valence-corrected chi connectivity index (χ4v) is 1.19. The first-order valence-corrected chi connectivity index (χ1v) is 6.24. The molecule has 20 heavy (non-hydrogen) atoms. The summed E-state index contributed by atoms with van der Waals surface area (Å²) >= 11 is 0. The molecule has 0 amide bonds. The van der Waals surface area contributed by atoms with Gasteiger partial charge in [-0.25, -0.2) is 4.79 Å². The van der Waals surface area contributed by atoms with Crippen molar-refractivity contribution in [2.24, 2.45) is 0 Å². The van der Waals surface area contributed by atoms with E-state index in [0.29, 0.717) is 0 Å². The van der Waals surface area contributed by atoms with Gasteiger partial charge in [0, 0.05) is 0 Å². The van der Waals surface area contributed by atoms with Gasteiger partial charge in [0.1, 0.15) is 24.4 Å². The average molecular weight is 322 g/mol. The second-order valence-corrected chi connectivity index (χ2v) is 4.51. The zero-order chi connectivity index (χ0) is 16.1. The summed E-state index contributed by atoms with van der Waals surface area (Å²) in [7, 11) is -5.20. The van der Waals surface area contributed by atoms with Gasteiger partial charge in [0.05, 0.1) is 6.61 Å². The van der Waals surface area contributed by atoms with Crippen LogP contribution in [-0.4, -0.2) is 87.1 Å². The van der Waals surface area contributed by atoms with Gasteiger partial charge in [-0.15, -0.1) is 0 Å². The van der Waals surface area contributed by atoms with Crippen molar-refractivity contribution >= 4 is 16.6 Å². The Morgan fingerprint density at radius 1 is 1.00 bits per heavy atom. The van der Waals surface area contributed by atoms with Crippen molar-refractivity contribution in [3.8, 4) is 0 Å². The number of aliphatic hydroxyl groups excluding tert-OH is 6. The van der Waals surface area contributed by atoms with Gasteiger partial charge < -0.3 is 35.4 Å². The van der Waals surface area contributed by atoms with Crippen LogP contribution in [0.4, 0.5) is 4.79 Å². The Labute approximate surface area is 112 Å². The summed E-state index contributed by atoms with van der Waals surface area (Å²) in [6, 6.07) is 0. The van der Waals surface area contributed by atoms with Gasteiger partial charge in [-0.2, -0.15) is 8.42 Å². The molecule has 0 bridgehead atoms. The summed E-state index contributed by atoms with van der Waals surface area (Å²) in [5, 5.41) is 54.3. The second-order valence-electron chi connectivity index (χ2n) is 3.49. The van der Waals surface area contributed by atoms with E-state index in [2.05, 4.69) is 8.92 Å². The number of rotatable bonds is 7. The van der Waals surface area contributed by atoms with E-state index in [4.69, 9.17) is 19.9 Å². The highest BCUT2D eigenvalue weighted by atomic mass is 32.3. The van der Waals surface area contributed by atoms with E-state index in [1.54, 1.807) is 0 Å². The van der Waals surface area contributed by atoms with Crippen molar-refractivity contribution in [2.75, 3.05) is 6.61 Å². The van der Waals surface area contributed by atoms with Crippen LogP contribution >= 0.6 is 0 Å². The molecule has 5 atom stereocenters. The van der Waals surface area contributed by atoms with Gasteiger partial charge in [0.15, 0.2) is 0 Å². The van der Waals surface area contributed by atoms with Gasteiger partial charge in [-0.1, -0.05) is 0 Å². The van der Waals surface area contributed by atoms with Crippen molar-refractivity contribution < 1.29 is 57.3 Å². The predicted octanol–water partition coefficient (Wildman–Crippen LogP) is -4.30. The lowest BCUT2D eigenvalue weighted by Crippen LogP contribution is -2.51. The maximum atomic E-state index is 10.7. The molecular weight excluding hydrogens is 308 g/mol. The van der Waals surface area contributed by atoms with Crippen LogP contribution in [0.25, 0.3) is 0 Å². The number of carbonyl (C=O) groups excluding carboxylic acids is 1. The van der Waals surface area contributed by atoms with Crippen molar-refractivity contribution in [3.05, 3.63) is 0 Å². The van der Waals surface area contributed by atoms with Crippen LogP contribution < -0.4 is 0 Å². The molecule has 1 unspecified atom stereocenters. The van der Waals surface area contributed by atoms with Crippen LogP contribution in [0, 0.1) is 0 Å². The molecular formula is C7H14O12S. The van der Waals surface area contributed by atoms with Crippen LogP contribution in [0.2, 0.25) is 0 Å². The summed E-state index contributed by atoms with van der Waals surface area (Å²) in [5.41, 5.74) is 0. The third-order valence-corrected chi connectivity index (χ3v) is 2.31. The first kappa shape index (κ1) is 18.9. The lowest BCUT2D eigenvalue weighted by atomic mass is 10.0. The number of hydrogen-bond donors (Lipinski definition) is 7. The molecule has 0 saturated heterocycles. The standard InChI is InChI=1S/C7H14O12S/c8-1-2(9)3(10)4(11)5(12)6(13)18-7(14)19-20(15,16)17/h2-6,8-13H,1H2,(H,15,16,17)/t2-,3-,4+,5+,6?/m1/s1. The molecule has 0 aliphatic heterocycles. The lowest BCUT2D eigenvalue weighted by molar-refractivity contribution is -0.194. The molecule has 0 aromatic carbocycles. The van der Waals surface area contributed by atoms with E-state index in [9.17, 15) is 28.5 Å². The van der Waals surface area contributed by atoms with Crippen LogP contribution in [0.1, 0.15) is 0 Å². The van der Waals surface area contributed by atoms with Crippen molar-refractivity contribution in [1.82, 2.24) is 0 Å². The van der Waals surface area contributed by atoms with Gasteiger partial charge in [-0.05, 0) is 0 Å². The minimum atomic E-state index is -5.20. The molecule has 0 aromatic rings. The molecule has 0 aliphatic rings. The highest BCUT2D eigenvalue weighted by molar-refractivity contribution is 7.81. The quantitative estimate of drug-likeness (QED) is 0.135. The maximum Gasteiger partial charge on any atom is 0.528 e. The topological polar surface area (TPSA) is 211 Å². The van der Waals surface area contributed by atoms with Crippen molar-refractivity contribution in [1.29, 1.82) is 0 Å². The van der Waals surface area contributed by atoms with Crippen LogP contribution in [0.3, 0.4) is 0 Å². The van der Waals surface area contributed by atoms with Crippen LogP contribution in [0.15, 0.2) is 0 Å². The smallest absolute Gasteiger partial charge is 0.401 e. The summed E-state index contributed by atoms with van der Waals surface area (Å²) in [6.45, 7) is -0.979. The summed E-state index contributed by atoms with van der Waals surface area (Å²) < 4.78 is 35.3. The molecule has 0 rings (SSSR count). The molecule has 0 aliphatic carbocycles. The fraction of sp³-hybridized carbons (Fsp3) is 0.857. The zero-order valence-electron chi connectivity index (χ0n) is 9.67. The van der Waals surface area contributed by atoms with Gasteiger partial charge in [0.2, 0.25) is 6.29 Å². The molecule has 0 saturated carbocycles. The number of aliphatic hydroxyl groups is 6. The molecule has 0 heterocycles. The largest absolute Gasteiger partial charge is 0.528 e. The van der Waals surface area contributed by atoms with Gasteiger partial charge >= 0.3 is 16.6 Å². The zero-order valence-corrected chi connectivity index (χ0v) is 10.5. The van der Waals surface area contributed by atoms with E-state index in [1.807, 2.05) is 0 Å². The van der Waals surface area contributed by atoms with Crippen molar-refractivity contribution in [2.45, 2.75) is 30.7 Å². The second kappa shape index (κ2) is 7.65. The molecule has 0 radical (unpaired) electrons. The average Bonchev–Trinajstić information content (AvgIpc) is 2.32. The van der Waals surface area contributed by atoms with Gasteiger partial charge in [-0.3, -0.25) is 8.74 Å². The Morgan fingerprint density at radius 2 is 1.50 bits per heavy atom. The normalized spacial score (nSPS) is 19.6. The molecule has 0 fully saturated rings. The monoisotopic (exact) mass is 322 g/mol. The summed E-state index contributed by atoms with van der Waals surface area (Å²) in [6.07, 6.45) is -13.3. The third-order valence-electron chi connectivity index (χ3n) is 1.96.